The zero-order valence-electron chi connectivity index (χ0n) is 18.8. The van der Waals surface area contributed by atoms with Crippen molar-refractivity contribution < 1.29 is 23.5 Å². The maximum Gasteiger partial charge on any atom is 0.262 e. The minimum Gasteiger partial charge on any atom is -0.494 e. The Hall–Kier alpha value is -4.06. The lowest BCUT2D eigenvalue weighted by Crippen LogP contribution is -2.21. The van der Waals surface area contributed by atoms with E-state index in [0.29, 0.717) is 40.3 Å². The normalized spacial score (nSPS) is 10.8. The Balaban J connectivity index is 1.59. The van der Waals surface area contributed by atoms with Gasteiger partial charge < -0.3 is 19.2 Å². The maximum atomic E-state index is 13.2. The number of rotatable bonds is 8. The Morgan fingerprint density at radius 1 is 0.909 bits per heavy atom. The van der Waals surface area contributed by atoms with Gasteiger partial charge in [-0.25, -0.2) is 0 Å². The van der Waals surface area contributed by atoms with Gasteiger partial charge in [-0.3, -0.25) is 9.59 Å². The zero-order chi connectivity index (χ0) is 23.4. The molecule has 33 heavy (non-hydrogen) atoms. The fraction of sp³-hybridized carbons (Fsp3) is 0.185. The first-order chi connectivity index (χ1) is 16.0. The van der Waals surface area contributed by atoms with Gasteiger partial charge in [0.25, 0.3) is 5.91 Å². The van der Waals surface area contributed by atoms with Crippen molar-refractivity contribution in [3.05, 3.63) is 89.2 Å². The van der Waals surface area contributed by atoms with E-state index < -0.39 is 0 Å². The molecular weight excluding hydrogens is 418 g/mol. The number of para-hydroxylation sites is 1. The number of carbonyl (C=O) groups excluding carboxylic acids is 2. The minimum absolute atomic E-state index is 0.0699. The Labute approximate surface area is 192 Å². The molecule has 1 N–H and O–H groups in total. The van der Waals surface area contributed by atoms with Crippen molar-refractivity contribution in [1.29, 1.82) is 0 Å². The minimum atomic E-state index is -0.386. The van der Waals surface area contributed by atoms with Crippen LogP contribution >= 0.6 is 0 Å². The summed E-state index contributed by atoms with van der Waals surface area (Å²) in [6, 6.07) is 19.7. The largest absolute Gasteiger partial charge is 0.494 e. The topological polar surface area (TPSA) is 77.8 Å². The van der Waals surface area contributed by atoms with Gasteiger partial charge in [0.2, 0.25) is 5.78 Å². The number of furan rings is 1. The van der Waals surface area contributed by atoms with Crippen molar-refractivity contribution in [2.45, 2.75) is 20.8 Å². The number of ketones is 1. The van der Waals surface area contributed by atoms with Gasteiger partial charge >= 0.3 is 0 Å². The summed E-state index contributed by atoms with van der Waals surface area (Å²) in [5.41, 5.74) is 3.33. The third kappa shape index (κ3) is 4.75. The van der Waals surface area contributed by atoms with Gasteiger partial charge in [0.05, 0.1) is 12.3 Å². The van der Waals surface area contributed by atoms with Crippen LogP contribution in [0.25, 0.3) is 11.0 Å². The van der Waals surface area contributed by atoms with Crippen LogP contribution in [0, 0.1) is 13.8 Å². The lowest BCUT2D eigenvalue weighted by molar-refractivity contribution is -0.118. The number of ether oxygens (including phenoxy) is 2. The van der Waals surface area contributed by atoms with Gasteiger partial charge in [0.15, 0.2) is 12.4 Å². The van der Waals surface area contributed by atoms with Gasteiger partial charge in [0, 0.05) is 10.9 Å². The summed E-state index contributed by atoms with van der Waals surface area (Å²) in [5.74, 6) is 0.673. The average Bonchev–Trinajstić information content (AvgIpc) is 3.18. The number of aryl methyl sites for hydroxylation is 1. The number of carbonyl (C=O) groups is 2. The van der Waals surface area contributed by atoms with Crippen LogP contribution in [-0.2, 0) is 4.79 Å². The Morgan fingerprint density at radius 3 is 2.42 bits per heavy atom. The van der Waals surface area contributed by atoms with E-state index in [1.165, 1.54) is 0 Å². The van der Waals surface area contributed by atoms with E-state index in [-0.39, 0.29) is 24.1 Å². The number of anilines is 1. The summed E-state index contributed by atoms with van der Waals surface area (Å²) >= 11 is 0. The Bertz CT molecular complexity index is 1300. The molecule has 6 nitrogen and oxygen atoms in total. The molecule has 0 fully saturated rings. The summed E-state index contributed by atoms with van der Waals surface area (Å²) in [4.78, 5) is 26.0. The van der Waals surface area contributed by atoms with Crippen LogP contribution < -0.4 is 14.8 Å². The number of nitrogens with one attached hydrogen (secondary N) is 1. The van der Waals surface area contributed by atoms with Crippen LogP contribution in [0.2, 0.25) is 0 Å². The molecule has 0 aliphatic rings. The van der Waals surface area contributed by atoms with E-state index in [4.69, 9.17) is 13.9 Å². The van der Waals surface area contributed by atoms with Crippen molar-refractivity contribution in [2.24, 2.45) is 0 Å². The van der Waals surface area contributed by atoms with E-state index in [2.05, 4.69) is 5.32 Å². The standard InChI is InChI=1S/C27H25NO5/c1-4-31-20-14-12-19(13-15-20)26(30)27-25(21-9-5-6-10-23(21)33-27)28-24(29)16-32-22-11-7-8-17(2)18(22)3/h5-15H,4,16H2,1-3H3,(H,28,29). The molecule has 0 bridgehead atoms. The molecular formula is C27H25NO5. The Kier molecular flexibility index (Phi) is 6.45. The maximum absolute atomic E-state index is 13.2. The van der Waals surface area contributed by atoms with Crippen molar-refractivity contribution in [3.8, 4) is 11.5 Å². The molecule has 1 heterocycles. The van der Waals surface area contributed by atoms with E-state index in [1.807, 2.05) is 51.1 Å². The van der Waals surface area contributed by atoms with Crippen molar-refractivity contribution in [1.82, 2.24) is 0 Å². The Morgan fingerprint density at radius 2 is 1.67 bits per heavy atom. The average molecular weight is 443 g/mol. The number of hydrogen-bond acceptors (Lipinski definition) is 5. The zero-order valence-corrected chi connectivity index (χ0v) is 18.8. The number of fused-ring (bicyclic) bond motifs is 1. The molecule has 0 spiro atoms. The van der Waals surface area contributed by atoms with E-state index >= 15 is 0 Å². The molecule has 3 aromatic carbocycles. The number of benzene rings is 3. The van der Waals surface area contributed by atoms with Gasteiger partial charge in [-0.1, -0.05) is 24.3 Å². The van der Waals surface area contributed by atoms with Gasteiger partial charge in [-0.2, -0.15) is 0 Å². The molecule has 0 aliphatic carbocycles. The summed E-state index contributed by atoms with van der Waals surface area (Å²) in [6.07, 6.45) is 0. The van der Waals surface area contributed by atoms with Crippen LogP contribution in [0.5, 0.6) is 11.5 Å². The van der Waals surface area contributed by atoms with Crippen molar-refractivity contribution >= 4 is 28.3 Å². The van der Waals surface area contributed by atoms with Crippen molar-refractivity contribution in [3.63, 3.8) is 0 Å². The number of hydrogen-bond donors (Lipinski definition) is 1. The highest BCUT2D eigenvalue weighted by atomic mass is 16.5. The van der Waals surface area contributed by atoms with Gasteiger partial charge in [0.1, 0.15) is 17.1 Å². The predicted molar refractivity (Wildman–Crippen MR) is 127 cm³/mol. The second-order valence-electron chi connectivity index (χ2n) is 7.62. The molecule has 1 amide bonds. The van der Waals surface area contributed by atoms with E-state index in [9.17, 15) is 9.59 Å². The van der Waals surface area contributed by atoms with Crippen LogP contribution in [-0.4, -0.2) is 24.9 Å². The van der Waals surface area contributed by atoms with Crippen LogP contribution in [0.4, 0.5) is 5.69 Å². The van der Waals surface area contributed by atoms with Gasteiger partial charge in [-0.15, -0.1) is 0 Å². The second-order valence-corrected chi connectivity index (χ2v) is 7.62. The fourth-order valence-electron chi connectivity index (χ4n) is 3.53. The first kappa shape index (κ1) is 22.1. The highest BCUT2D eigenvalue weighted by Crippen LogP contribution is 2.33. The predicted octanol–water partition coefficient (Wildman–Crippen LogP) is 5.70. The molecule has 168 valence electrons. The lowest BCUT2D eigenvalue weighted by Gasteiger charge is -2.11. The summed E-state index contributed by atoms with van der Waals surface area (Å²) in [5, 5.41) is 3.46. The number of amides is 1. The molecule has 4 aromatic rings. The summed E-state index contributed by atoms with van der Waals surface area (Å²) in [6.45, 7) is 6.17. The smallest absolute Gasteiger partial charge is 0.262 e. The van der Waals surface area contributed by atoms with Crippen molar-refractivity contribution in [2.75, 3.05) is 18.5 Å². The fourth-order valence-corrected chi connectivity index (χ4v) is 3.53. The van der Waals surface area contributed by atoms with E-state index in [0.717, 1.165) is 11.1 Å². The summed E-state index contributed by atoms with van der Waals surface area (Å²) in [7, 11) is 0. The van der Waals surface area contributed by atoms with Crippen LogP contribution in [0.3, 0.4) is 0 Å². The van der Waals surface area contributed by atoms with Gasteiger partial charge in [-0.05, 0) is 74.4 Å². The van der Waals surface area contributed by atoms with E-state index in [1.54, 1.807) is 36.4 Å². The molecule has 0 unspecified atom stereocenters. The quantitative estimate of drug-likeness (QED) is 0.354. The molecule has 1 aromatic heterocycles. The van der Waals surface area contributed by atoms with Crippen LogP contribution in [0.15, 0.2) is 71.1 Å². The lowest BCUT2D eigenvalue weighted by atomic mass is 10.1. The molecule has 0 saturated carbocycles. The molecule has 0 aliphatic heterocycles. The van der Waals surface area contributed by atoms with Crippen LogP contribution in [0.1, 0.15) is 34.2 Å². The second kappa shape index (κ2) is 9.61. The monoisotopic (exact) mass is 443 g/mol. The molecule has 6 heteroatoms. The summed E-state index contributed by atoms with van der Waals surface area (Å²) < 4.78 is 17.0. The SMILES string of the molecule is CCOc1ccc(C(=O)c2oc3ccccc3c2NC(=O)COc2cccc(C)c2C)cc1. The molecule has 0 radical (unpaired) electrons. The highest BCUT2D eigenvalue weighted by Gasteiger charge is 2.23. The first-order valence-corrected chi connectivity index (χ1v) is 10.8. The highest BCUT2D eigenvalue weighted by molar-refractivity contribution is 6.17. The molecule has 0 saturated heterocycles. The first-order valence-electron chi connectivity index (χ1n) is 10.8. The third-order valence-corrected chi connectivity index (χ3v) is 5.41. The molecule has 0 atom stereocenters. The molecule has 4 rings (SSSR count). The third-order valence-electron chi connectivity index (χ3n) is 5.41.